The third-order valence-electron chi connectivity index (χ3n) is 1.50. The summed E-state index contributed by atoms with van der Waals surface area (Å²) in [4.78, 5) is 3.58. The molecule has 2 aromatic rings. The van der Waals surface area contributed by atoms with Gasteiger partial charge in [0.2, 0.25) is 0 Å². The molecule has 1 heterocycles. The Hall–Kier alpha value is -1.19. The van der Waals surface area contributed by atoms with Gasteiger partial charge in [-0.25, -0.2) is 4.98 Å². The van der Waals surface area contributed by atoms with E-state index in [1.54, 1.807) is 18.2 Å². The van der Waals surface area contributed by atoms with Crippen LogP contribution in [0.15, 0.2) is 28.8 Å². The van der Waals surface area contributed by atoms with Gasteiger partial charge in [0.1, 0.15) is 11.2 Å². The van der Waals surface area contributed by atoms with Crippen LogP contribution in [0.5, 0.6) is 11.7 Å². The lowest BCUT2D eigenvalue weighted by atomic mass is 10.3. The maximum Gasteiger partial charge on any atom is 0.311 e. The predicted octanol–water partition coefficient (Wildman–Crippen LogP) is 3.57. The molecule has 0 amide bonds. The predicted molar refractivity (Wildman–Crippen MR) is 51.9 cm³/mol. The first kappa shape index (κ1) is 9.37. The quantitative estimate of drug-likeness (QED) is 0.789. The zero-order valence-electron chi connectivity index (χ0n) is 6.83. The van der Waals surface area contributed by atoms with Crippen molar-refractivity contribution in [2.75, 3.05) is 0 Å². The van der Waals surface area contributed by atoms with Crippen LogP contribution >= 0.6 is 23.2 Å². The highest BCUT2D eigenvalue weighted by Gasteiger charge is 2.07. The average Bonchev–Trinajstić information content (AvgIpc) is 2.66. The number of aromatic nitrogens is 1. The van der Waals surface area contributed by atoms with E-state index in [1.807, 2.05) is 0 Å². The van der Waals surface area contributed by atoms with Gasteiger partial charge in [-0.05, 0) is 12.1 Å². The van der Waals surface area contributed by atoms with Crippen molar-refractivity contribution in [3.05, 3.63) is 40.8 Å². The van der Waals surface area contributed by atoms with E-state index in [1.165, 1.54) is 6.20 Å². The van der Waals surface area contributed by atoms with E-state index >= 15 is 0 Å². The maximum absolute atomic E-state index is 5.88. The van der Waals surface area contributed by atoms with E-state index in [2.05, 4.69) is 11.4 Å². The number of benzene rings is 1. The van der Waals surface area contributed by atoms with Gasteiger partial charge in [-0.2, -0.15) is 0 Å². The number of ether oxygens (including phenoxy) is 1. The third kappa shape index (κ3) is 1.84. The largest absolute Gasteiger partial charge is 0.423 e. The van der Waals surface area contributed by atoms with Crippen molar-refractivity contribution in [2.45, 2.75) is 0 Å². The van der Waals surface area contributed by atoms with Crippen LogP contribution in [0.4, 0.5) is 0 Å². The summed E-state index contributed by atoms with van der Waals surface area (Å²) in [5.74, 6) is 0.637. The van der Waals surface area contributed by atoms with Crippen molar-refractivity contribution >= 4 is 23.2 Å². The fraction of sp³-hybridized carbons (Fsp3) is 0. The molecule has 0 bridgehead atoms. The Morgan fingerprint density at radius 1 is 1.36 bits per heavy atom. The van der Waals surface area contributed by atoms with Gasteiger partial charge in [0.15, 0.2) is 5.75 Å². The molecule has 0 saturated heterocycles. The molecule has 0 atom stereocenters. The molecule has 0 aliphatic carbocycles. The highest BCUT2D eigenvalue weighted by molar-refractivity contribution is 6.42. The van der Waals surface area contributed by atoms with Crippen LogP contribution in [-0.4, -0.2) is 4.98 Å². The molecule has 0 saturated carbocycles. The molecule has 2 rings (SSSR count). The van der Waals surface area contributed by atoms with E-state index in [9.17, 15) is 0 Å². The van der Waals surface area contributed by atoms with E-state index in [0.717, 1.165) is 0 Å². The smallest absolute Gasteiger partial charge is 0.311 e. The van der Waals surface area contributed by atoms with Crippen LogP contribution < -0.4 is 4.74 Å². The molecule has 71 valence electrons. The summed E-state index contributed by atoms with van der Waals surface area (Å²) >= 11 is 11.7. The molecular formula is C9H4Cl2NO2. The van der Waals surface area contributed by atoms with Gasteiger partial charge in [0, 0.05) is 0 Å². The molecule has 0 spiro atoms. The fourth-order valence-electron chi connectivity index (χ4n) is 0.895. The van der Waals surface area contributed by atoms with Gasteiger partial charge in [-0.15, -0.1) is 0 Å². The first-order valence-corrected chi connectivity index (χ1v) is 4.46. The van der Waals surface area contributed by atoms with Crippen molar-refractivity contribution in [3.8, 4) is 11.7 Å². The highest BCUT2D eigenvalue weighted by Crippen LogP contribution is 2.34. The van der Waals surface area contributed by atoms with Gasteiger partial charge in [-0.1, -0.05) is 29.3 Å². The van der Waals surface area contributed by atoms with E-state index in [-0.39, 0.29) is 5.95 Å². The Bertz CT molecular complexity index is 428. The van der Waals surface area contributed by atoms with Crippen molar-refractivity contribution in [2.24, 2.45) is 0 Å². The number of hydrogen-bond donors (Lipinski definition) is 0. The molecule has 0 aliphatic heterocycles. The standard InChI is InChI=1S/C9H4Cl2NO2/c10-6-2-1-3-7(9(6)11)14-8-4-12-5-13-8/h1-4H. The maximum atomic E-state index is 5.88. The van der Waals surface area contributed by atoms with Gasteiger partial charge in [0.05, 0.1) is 5.02 Å². The van der Waals surface area contributed by atoms with Crippen LogP contribution in [0.1, 0.15) is 0 Å². The van der Waals surface area contributed by atoms with Crippen LogP contribution in [-0.2, 0) is 0 Å². The molecule has 1 radical (unpaired) electrons. The van der Waals surface area contributed by atoms with Gasteiger partial charge >= 0.3 is 5.95 Å². The topological polar surface area (TPSA) is 35.3 Å². The lowest BCUT2D eigenvalue weighted by molar-refractivity contribution is 0.343. The normalized spacial score (nSPS) is 10.1. The zero-order chi connectivity index (χ0) is 9.97. The Balaban J connectivity index is 2.29. The minimum Gasteiger partial charge on any atom is -0.423 e. The second-order valence-corrected chi connectivity index (χ2v) is 3.21. The van der Waals surface area contributed by atoms with Crippen LogP contribution in [0.25, 0.3) is 0 Å². The summed E-state index contributed by atoms with van der Waals surface area (Å²) in [6, 6.07) is 5.07. The molecule has 5 heteroatoms. The minimum atomic E-state index is 0.217. The first-order valence-electron chi connectivity index (χ1n) is 3.71. The molecule has 1 aromatic heterocycles. The lowest BCUT2D eigenvalue weighted by Crippen LogP contribution is -1.83. The van der Waals surface area contributed by atoms with Crippen LogP contribution in [0, 0.1) is 6.39 Å². The van der Waals surface area contributed by atoms with Crippen LogP contribution in [0.2, 0.25) is 10.0 Å². The van der Waals surface area contributed by atoms with Crippen molar-refractivity contribution in [1.82, 2.24) is 4.98 Å². The SMILES string of the molecule is Clc1cccc(Oc2cn[c]o2)c1Cl. The summed E-state index contributed by atoms with van der Waals surface area (Å²) < 4.78 is 10.0. The number of hydrogen-bond acceptors (Lipinski definition) is 3. The first-order chi connectivity index (χ1) is 6.77. The van der Waals surface area contributed by atoms with Crippen LogP contribution in [0.3, 0.4) is 0 Å². The second kappa shape index (κ2) is 3.90. The summed E-state index contributed by atoms with van der Waals surface area (Å²) in [6.07, 6.45) is 3.64. The summed E-state index contributed by atoms with van der Waals surface area (Å²) in [5, 5.41) is 0.762. The number of rotatable bonds is 2. The van der Waals surface area contributed by atoms with Crippen molar-refractivity contribution in [1.29, 1.82) is 0 Å². The molecule has 0 aliphatic rings. The van der Waals surface area contributed by atoms with E-state index < -0.39 is 0 Å². The van der Waals surface area contributed by atoms with Gasteiger partial charge < -0.3 is 9.15 Å². The Kier molecular flexibility index (Phi) is 2.61. The summed E-state index contributed by atoms with van der Waals surface area (Å²) in [6.45, 7) is 0. The third-order valence-corrected chi connectivity index (χ3v) is 2.30. The minimum absolute atomic E-state index is 0.217. The van der Waals surface area contributed by atoms with Crippen molar-refractivity contribution in [3.63, 3.8) is 0 Å². The van der Waals surface area contributed by atoms with Crippen molar-refractivity contribution < 1.29 is 9.15 Å². The van der Waals surface area contributed by atoms with E-state index in [0.29, 0.717) is 15.8 Å². The lowest BCUT2D eigenvalue weighted by Gasteiger charge is -2.04. The monoisotopic (exact) mass is 228 g/mol. The number of nitrogens with zero attached hydrogens (tertiary/aromatic N) is 1. The number of halogens is 2. The molecule has 0 N–H and O–H groups in total. The summed E-state index contributed by atoms with van der Waals surface area (Å²) in [7, 11) is 0. The highest BCUT2D eigenvalue weighted by atomic mass is 35.5. The molecule has 0 unspecified atom stereocenters. The molecular weight excluding hydrogens is 225 g/mol. The number of oxazole rings is 1. The van der Waals surface area contributed by atoms with E-state index in [4.69, 9.17) is 32.4 Å². The van der Waals surface area contributed by atoms with Gasteiger partial charge in [-0.3, -0.25) is 0 Å². The molecule has 3 nitrogen and oxygen atoms in total. The molecule has 1 aromatic carbocycles. The average molecular weight is 229 g/mol. The molecule has 14 heavy (non-hydrogen) atoms. The molecule has 0 fully saturated rings. The Labute approximate surface area is 90.2 Å². The Morgan fingerprint density at radius 3 is 2.93 bits per heavy atom. The van der Waals surface area contributed by atoms with Gasteiger partial charge in [0.25, 0.3) is 6.39 Å². The Morgan fingerprint density at radius 2 is 2.21 bits per heavy atom. The zero-order valence-corrected chi connectivity index (χ0v) is 8.34. The fourth-order valence-corrected chi connectivity index (χ4v) is 1.23. The second-order valence-electron chi connectivity index (χ2n) is 2.42. The summed E-state index contributed by atoms with van der Waals surface area (Å²) in [5.41, 5.74) is 0.